The number of nitrogens with one attached hydrogen (secondary N) is 1. The van der Waals surface area contributed by atoms with E-state index in [1.165, 1.54) is 29.8 Å². The quantitative estimate of drug-likeness (QED) is 0.875. The summed E-state index contributed by atoms with van der Waals surface area (Å²) in [5, 5.41) is 9.13. The fraction of sp³-hybridized carbons (Fsp3) is 0.500. The van der Waals surface area contributed by atoms with Gasteiger partial charge in [-0.3, -0.25) is 4.68 Å². The van der Waals surface area contributed by atoms with E-state index in [4.69, 9.17) is 11.6 Å². The summed E-state index contributed by atoms with van der Waals surface area (Å²) >= 11 is 6.03. The lowest BCUT2D eigenvalue weighted by atomic mass is 10.0. The molecule has 1 N–H and O–H groups in total. The Morgan fingerprint density at radius 2 is 1.96 bits per heavy atom. The van der Waals surface area contributed by atoms with Gasteiger partial charge >= 0.3 is 0 Å². The number of benzene rings is 1. The largest absolute Gasteiger partial charge is 0.363 e. The van der Waals surface area contributed by atoms with E-state index < -0.39 is 0 Å². The molecule has 5 heteroatoms. The van der Waals surface area contributed by atoms with E-state index in [1.807, 2.05) is 23.9 Å². The molecule has 1 heterocycles. The molecule has 124 valence electrons. The van der Waals surface area contributed by atoms with Gasteiger partial charge in [0.1, 0.15) is 5.82 Å². The highest BCUT2D eigenvalue weighted by Crippen LogP contribution is 2.41. The molecule has 0 spiro atoms. The first kappa shape index (κ1) is 16.3. The van der Waals surface area contributed by atoms with Crippen molar-refractivity contribution in [3.63, 3.8) is 0 Å². The molecule has 0 bridgehead atoms. The van der Waals surface area contributed by atoms with Gasteiger partial charge in [-0.2, -0.15) is 5.10 Å². The van der Waals surface area contributed by atoms with E-state index in [-0.39, 0.29) is 0 Å². The molecule has 4 nitrogen and oxygen atoms in total. The predicted molar refractivity (Wildman–Crippen MR) is 96.0 cm³/mol. The van der Waals surface area contributed by atoms with Crippen LogP contribution in [0.2, 0.25) is 5.02 Å². The van der Waals surface area contributed by atoms with E-state index in [0.29, 0.717) is 6.04 Å². The molecule has 1 atom stereocenters. The molecule has 0 radical (unpaired) electrons. The highest BCUT2D eigenvalue weighted by atomic mass is 35.5. The van der Waals surface area contributed by atoms with Crippen LogP contribution < -0.4 is 10.2 Å². The summed E-state index contributed by atoms with van der Waals surface area (Å²) in [6.07, 6.45) is 2.60. The molecule has 0 aliphatic heterocycles. The first-order valence-electron chi connectivity index (χ1n) is 8.16. The van der Waals surface area contributed by atoms with Crippen LogP contribution in [0.4, 0.5) is 5.82 Å². The van der Waals surface area contributed by atoms with Crippen molar-refractivity contribution in [1.82, 2.24) is 15.1 Å². The SMILES string of the molecule is Cc1nn(C)c(N(C)C)c1CN[C@@H](c1ccc(Cl)cc1)C1CC1. The maximum Gasteiger partial charge on any atom is 0.130 e. The summed E-state index contributed by atoms with van der Waals surface area (Å²) in [7, 11) is 6.14. The lowest BCUT2D eigenvalue weighted by Crippen LogP contribution is -2.24. The van der Waals surface area contributed by atoms with Gasteiger partial charge in [0.25, 0.3) is 0 Å². The van der Waals surface area contributed by atoms with E-state index in [0.717, 1.165) is 23.2 Å². The molecule has 23 heavy (non-hydrogen) atoms. The molecule has 1 aromatic heterocycles. The molecule has 3 rings (SSSR count). The summed E-state index contributed by atoms with van der Waals surface area (Å²) < 4.78 is 1.96. The molecule has 0 amide bonds. The summed E-state index contributed by atoms with van der Waals surface area (Å²) in [4.78, 5) is 2.13. The molecule has 1 fully saturated rings. The van der Waals surface area contributed by atoms with E-state index in [2.05, 4.69) is 48.5 Å². The van der Waals surface area contributed by atoms with Crippen LogP contribution >= 0.6 is 11.6 Å². The second-order valence-electron chi connectivity index (χ2n) is 6.65. The highest BCUT2D eigenvalue weighted by molar-refractivity contribution is 6.30. The van der Waals surface area contributed by atoms with Crippen molar-refractivity contribution in [2.45, 2.75) is 32.4 Å². The fourth-order valence-corrected chi connectivity index (χ4v) is 3.45. The molecule has 1 aliphatic rings. The maximum atomic E-state index is 6.03. The van der Waals surface area contributed by atoms with Crippen LogP contribution in [0.1, 0.15) is 35.7 Å². The van der Waals surface area contributed by atoms with Gasteiger partial charge in [0, 0.05) is 44.3 Å². The summed E-state index contributed by atoms with van der Waals surface area (Å²) in [6, 6.07) is 8.63. The third-order valence-corrected chi connectivity index (χ3v) is 4.81. The second kappa shape index (κ2) is 6.54. The third kappa shape index (κ3) is 3.54. The normalized spacial score (nSPS) is 15.7. The predicted octanol–water partition coefficient (Wildman–Crippen LogP) is 3.69. The van der Waals surface area contributed by atoms with E-state index >= 15 is 0 Å². The van der Waals surface area contributed by atoms with Crippen LogP contribution in [0.15, 0.2) is 24.3 Å². The van der Waals surface area contributed by atoms with Gasteiger partial charge in [0.05, 0.1) is 5.69 Å². The zero-order valence-electron chi connectivity index (χ0n) is 14.3. The number of aromatic nitrogens is 2. The molecule has 1 aliphatic carbocycles. The molecular formula is C18H25ClN4. The van der Waals surface area contributed by atoms with Crippen molar-refractivity contribution < 1.29 is 0 Å². The minimum Gasteiger partial charge on any atom is -0.363 e. The summed E-state index contributed by atoms with van der Waals surface area (Å²) in [6.45, 7) is 2.91. The number of aryl methyl sites for hydroxylation is 2. The number of anilines is 1. The lowest BCUT2D eigenvalue weighted by molar-refractivity contribution is 0.479. The van der Waals surface area contributed by atoms with Crippen molar-refractivity contribution in [3.05, 3.63) is 46.1 Å². The Balaban J connectivity index is 1.79. The van der Waals surface area contributed by atoms with E-state index in [9.17, 15) is 0 Å². The Kier molecular flexibility index (Phi) is 4.64. The van der Waals surface area contributed by atoms with Crippen LogP contribution in [-0.4, -0.2) is 23.9 Å². The number of nitrogens with zero attached hydrogens (tertiary/aromatic N) is 3. The third-order valence-electron chi connectivity index (χ3n) is 4.56. The average Bonchev–Trinajstić information content (AvgIpc) is 3.27. The number of hydrogen-bond donors (Lipinski definition) is 1. The summed E-state index contributed by atoms with van der Waals surface area (Å²) in [5.41, 5.74) is 3.69. The zero-order valence-corrected chi connectivity index (χ0v) is 15.1. The molecular weight excluding hydrogens is 308 g/mol. The van der Waals surface area contributed by atoms with Crippen molar-refractivity contribution in [3.8, 4) is 0 Å². The van der Waals surface area contributed by atoms with Crippen molar-refractivity contribution in [1.29, 1.82) is 0 Å². The first-order valence-corrected chi connectivity index (χ1v) is 8.54. The second-order valence-corrected chi connectivity index (χ2v) is 7.09. The summed E-state index contributed by atoms with van der Waals surface area (Å²) in [5.74, 6) is 1.90. The van der Waals surface area contributed by atoms with Gasteiger partial charge in [-0.05, 0) is 43.4 Å². The van der Waals surface area contributed by atoms with Gasteiger partial charge in [-0.25, -0.2) is 0 Å². The van der Waals surface area contributed by atoms with Crippen LogP contribution in [0, 0.1) is 12.8 Å². The van der Waals surface area contributed by atoms with Crippen molar-refractivity contribution in [2.24, 2.45) is 13.0 Å². The minimum absolute atomic E-state index is 0.391. The topological polar surface area (TPSA) is 33.1 Å². The molecule has 1 aromatic carbocycles. The highest BCUT2D eigenvalue weighted by Gasteiger charge is 2.32. The Hall–Kier alpha value is -1.52. The van der Waals surface area contributed by atoms with Crippen LogP contribution in [0.25, 0.3) is 0 Å². The molecule has 1 saturated carbocycles. The molecule has 2 aromatic rings. The molecule has 0 unspecified atom stereocenters. The van der Waals surface area contributed by atoms with Gasteiger partial charge < -0.3 is 10.2 Å². The smallest absolute Gasteiger partial charge is 0.130 e. The van der Waals surface area contributed by atoms with Crippen molar-refractivity contribution in [2.75, 3.05) is 19.0 Å². The Morgan fingerprint density at radius 1 is 1.30 bits per heavy atom. The Bertz CT molecular complexity index is 671. The first-order chi connectivity index (χ1) is 11.0. The van der Waals surface area contributed by atoms with Crippen LogP contribution in [0.3, 0.4) is 0 Å². The monoisotopic (exact) mass is 332 g/mol. The maximum absolute atomic E-state index is 6.03. The standard InChI is InChI=1S/C18H25ClN4/c1-12-16(18(22(2)3)23(4)21-12)11-20-17(13-5-6-13)14-7-9-15(19)10-8-14/h7-10,13,17,20H,5-6,11H2,1-4H3/t17-/m1/s1. The Morgan fingerprint density at radius 3 is 2.52 bits per heavy atom. The number of halogens is 1. The number of rotatable bonds is 6. The Labute approximate surface area is 143 Å². The fourth-order valence-electron chi connectivity index (χ4n) is 3.32. The van der Waals surface area contributed by atoms with Gasteiger partial charge in [0.2, 0.25) is 0 Å². The number of hydrogen-bond acceptors (Lipinski definition) is 3. The lowest BCUT2D eigenvalue weighted by Gasteiger charge is -2.21. The molecule has 0 saturated heterocycles. The van der Waals surface area contributed by atoms with Gasteiger partial charge in [0.15, 0.2) is 0 Å². The van der Waals surface area contributed by atoms with Gasteiger partial charge in [-0.1, -0.05) is 23.7 Å². The minimum atomic E-state index is 0.391. The average molecular weight is 333 g/mol. The van der Waals surface area contributed by atoms with Crippen LogP contribution in [-0.2, 0) is 13.6 Å². The van der Waals surface area contributed by atoms with Gasteiger partial charge in [-0.15, -0.1) is 0 Å². The van der Waals surface area contributed by atoms with E-state index in [1.54, 1.807) is 0 Å². The van der Waals surface area contributed by atoms with Crippen LogP contribution in [0.5, 0.6) is 0 Å². The zero-order chi connectivity index (χ0) is 16.6. The van der Waals surface area contributed by atoms with Crippen molar-refractivity contribution >= 4 is 17.4 Å².